The van der Waals surface area contributed by atoms with E-state index in [9.17, 15) is 19.0 Å². The number of phosphoric acid groups is 1. The van der Waals surface area contributed by atoms with Gasteiger partial charge in [0.15, 0.2) is 0 Å². The molecule has 0 aliphatic heterocycles. The number of quaternary nitrogens is 1. The number of amides is 1. The van der Waals surface area contributed by atoms with Gasteiger partial charge in [0.1, 0.15) is 19.3 Å². The average Bonchev–Trinajstić information content (AvgIpc) is 3.41. The van der Waals surface area contributed by atoms with E-state index >= 15 is 0 Å². The van der Waals surface area contributed by atoms with Crippen LogP contribution in [-0.2, 0) is 27.9 Å². The number of nitrogens with one attached hydrogen (secondary N) is 1. The number of hydrogen-bond donors (Lipinski definition) is 2. The van der Waals surface area contributed by atoms with E-state index in [-0.39, 0.29) is 31.5 Å². The van der Waals surface area contributed by atoms with Crippen molar-refractivity contribution in [1.82, 2.24) is 5.32 Å². The molecule has 9 nitrogen and oxygen atoms in total. The predicted molar refractivity (Wildman–Crippen MR) is 341 cm³/mol. The van der Waals surface area contributed by atoms with Crippen molar-refractivity contribution >= 4 is 19.7 Å². The quantitative estimate of drug-likeness (QED) is 0.0156. The molecule has 2 N–H and O–H groups in total. The van der Waals surface area contributed by atoms with Crippen molar-refractivity contribution in [2.75, 3.05) is 40.9 Å². The van der Waals surface area contributed by atoms with Crippen LogP contribution in [0, 0.1) is 0 Å². The minimum Gasteiger partial charge on any atom is -0.456 e. The molecule has 1 amide bonds. The summed E-state index contributed by atoms with van der Waals surface area (Å²) in [4.78, 5) is 37.8. The van der Waals surface area contributed by atoms with Gasteiger partial charge in [0.25, 0.3) is 0 Å². The van der Waals surface area contributed by atoms with Crippen molar-refractivity contribution in [3.05, 3.63) is 97.2 Å². The second-order valence-electron chi connectivity index (χ2n) is 23.0. The van der Waals surface area contributed by atoms with Gasteiger partial charge in [-0.2, -0.15) is 0 Å². The van der Waals surface area contributed by atoms with Crippen LogP contribution < -0.4 is 5.32 Å². The molecule has 0 aliphatic carbocycles. The molecular formula is C69H124N2O7P+. The Hall–Kier alpha value is -3.07. The lowest BCUT2D eigenvalue weighted by atomic mass is 10.0. The van der Waals surface area contributed by atoms with Gasteiger partial charge in [0.05, 0.1) is 33.8 Å². The molecule has 0 rings (SSSR count). The Morgan fingerprint density at radius 2 is 0.861 bits per heavy atom. The number of carbonyl (C=O) groups is 2. The van der Waals surface area contributed by atoms with E-state index in [1.165, 1.54) is 135 Å². The lowest BCUT2D eigenvalue weighted by Crippen LogP contribution is -2.47. The molecule has 0 saturated carbocycles. The summed E-state index contributed by atoms with van der Waals surface area (Å²) >= 11 is 0. The molecule has 0 saturated heterocycles. The zero-order chi connectivity index (χ0) is 57.9. The number of esters is 1. The van der Waals surface area contributed by atoms with Crippen LogP contribution in [0.15, 0.2) is 97.2 Å². The molecule has 0 aromatic carbocycles. The maximum atomic E-state index is 13.5. The van der Waals surface area contributed by atoms with E-state index < -0.39 is 20.0 Å². The molecule has 0 radical (unpaired) electrons. The van der Waals surface area contributed by atoms with Crippen LogP contribution in [0.25, 0.3) is 0 Å². The lowest BCUT2D eigenvalue weighted by molar-refractivity contribution is -0.870. The summed E-state index contributed by atoms with van der Waals surface area (Å²) in [5, 5.41) is 3.05. The molecule has 456 valence electrons. The number of ether oxygens (including phenoxy) is 1. The summed E-state index contributed by atoms with van der Waals surface area (Å²) in [6.45, 7) is 6.85. The first-order valence-corrected chi connectivity index (χ1v) is 34.1. The highest BCUT2D eigenvalue weighted by molar-refractivity contribution is 7.47. The number of hydrogen-bond acceptors (Lipinski definition) is 6. The fraction of sp³-hybridized carbons (Fsp3) is 0.739. The topological polar surface area (TPSA) is 111 Å². The standard InChI is InChI=1S/C69H123N2O7P/c1-7-10-13-16-19-22-25-28-30-31-32-33-34-35-36-37-38-39-41-44-47-50-53-56-59-62-69(73)78-67(60-57-54-51-48-45-42-27-24-21-18-15-12-9-3)66(65-77-79(74,75)76-64-63-71(4,5)6)70-68(72)61-58-55-52-49-46-43-40-29-26-23-20-17-14-11-8-2/h11,14,17,19-20,22-23,26,28,30,32-33,35-36,57,60,66-67H,7-10,12-13,15-16,18,21,24-25,27,29,31,34,37-56,58-59,61-65H2,1-6H3,(H-,70,72,74,75)/p+1/b14-11+,20-17+,22-19-,26-23+,30-28-,33-32-,36-35-,60-57-. The van der Waals surface area contributed by atoms with Crippen LogP contribution in [0.5, 0.6) is 0 Å². The molecule has 79 heavy (non-hydrogen) atoms. The third-order valence-corrected chi connectivity index (χ3v) is 15.1. The molecule has 0 heterocycles. The largest absolute Gasteiger partial charge is 0.472 e. The number of likely N-dealkylation sites (N-methyl/N-ethyl adjacent to an activating group) is 1. The number of allylic oxidation sites excluding steroid dienone is 15. The van der Waals surface area contributed by atoms with Crippen molar-refractivity contribution in [2.24, 2.45) is 0 Å². The van der Waals surface area contributed by atoms with E-state index in [0.29, 0.717) is 17.4 Å². The Balaban J connectivity index is 5.19. The minimum absolute atomic E-state index is 0.0325. The van der Waals surface area contributed by atoms with Gasteiger partial charge in [-0.25, -0.2) is 4.57 Å². The molecule has 10 heteroatoms. The van der Waals surface area contributed by atoms with Gasteiger partial charge >= 0.3 is 13.8 Å². The normalized spacial score (nSPS) is 14.3. The summed E-state index contributed by atoms with van der Waals surface area (Å²) in [5.41, 5.74) is 0. The third-order valence-electron chi connectivity index (χ3n) is 14.1. The molecule has 0 aromatic heterocycles. The molecule has 0 aromatic rings. The van der Waals surface area contributed by atoms with Crippen LogP contribution in [0.3, 0.4) is 0 Å². The summed E-state index contributed by atoms with van der Waals surface area (Å²) < 4.78 is 30.7. The van der Waals surface area contributed by atoms with Gasteiger partial charge < -0.3 is 19.4 Å². The van der Waals surface area contributed by atoms with Crippen molar-refractivity contribution < 1.29 is 37.3 Å². The third kappa shape index (κ3) is 59.4. The maximum absolute atomic E-state index is 13.5. The Morgan fingerprint density at radius 3 is 1.34 bits per heavy atom. The van der Waals surface area contributed by atoms with Crippen molar-refractivity contribution in [3.63, 3.8) is 0 Å². The van der Waals surface area contributed by atoms with Gasteiger partial charge in [-0.15, -0.1) is 0 Å². The predicted octanol–water partition coefficient (Wildman–Crippen LogP) is 20.3. The zero-order valence-electron chi connectivity index (χ0n) is 52.1. The Labute approximate surface area is 488 Å². The van der Waals surface area contributed by atoms with Crippen molar-refractivity contribution in [2.45, 2.75) is 290 Å². The van der Waals surface area contributed by atoms with Crippen LogP contribution >= 0.6 is 7.82 Å². The molecular weight excluding hydrogens is 1000 g/mol. The first kappa shape index (κ1) is 75.9. The molecule has 3 unspecified atom stereocenters. The number of unbranched alkanes of at least 4 members (excludes halogenated alkanes) is 30. The molecule has 0 bridgehead atoms. The number of rotatable bonds is 58. The summed E-state index contributed by atoms with van der Waals surface area (Å²) in [6.07, 6.45) is 78.3. The zero-order valence-corrected chi connectivity index (χ0v) is 53.0. The highest BCUT2D eigenvalue weighted by Gasteiger charge is 2.30. The number of nitrogens with zero attached hydrogens (tertiary/aromatic N) is 1. The number of carbonyl (C=O) groups excluding carboxylic acids is 2. The highest BCUT2D eigenvalue weighted by Crippen LogP contribution is 2.43. The van der Waals surface area contributed by atoms with Crippen LogP contribution in [-0.4, -0.2) is 74.3 Å². The average molecular weight is 1120 g/mol. The fourth-order valence-electron chi connectivity index (χ4n) is 9.04. The number of phosphoric ester groups is 1. The van der Waals surface area contributed by atoms with E-state index in [2.05, 4.69) is 111 Å². The molecule has 0 aliphatic rings. The smallest absolute Gasteiger partial charge is 0.456 e. The highest BCUT2D eigenvalue weighted by atomic mass is 31.2. The monoisotopic (exact) mass is 1120 g/mol. The molecule has 0 spiro atoms. The van der Waals surface area contributed by atoms with Crippen LogP contribution in [0.1, 0.15) is 278 Å². The van der Waals surface area contributed by atoms with Crippen LogP contribution in [0.4, 0.5) is 0 Å². The van der Waals surface area contributed by atoms with E-state index in [0.717, 1.165) is 109 Å². The summed E-state index contributed by atoms with van der Waals surface area (Å²) in [6, 6.07) is -0.863. The van der Waals surface area contributed by atoms with E-state index in [4.69, 9.17) is 13.8 Å². The Morgan fingerprint density at radius 1 is 0.468 bits per heavy atom. The lowest BCUT2D eigenvalue weighted by Gasteiger charge is -2.27. The van der Waals surface area contributed by atoms with Gasteiger partial charge in [-0.1, -0.05) is 266 Å². The molecule has 0 fully saturated rings. The van der Waals surface area contributed by atoms with E-state index in [1.807, 2.05) is 33.3 Å². The SMILES string of the molecule is CC/C=C/C=C/C=C/CCCCCCCCCC(=O)NC(COP(=O)(O)OCC[N+](C)(C)C)C(/C=C\CCCCCCCCCCCCC)OC(=O)CCCCCCCCCCC/C=C\C/C=C\C/C=C\C/C=C\CCCCC. The van der Waals surface area contributed by atoms with Gasteiger partial charge in [0, 0.05) is 12.8 Å². The first-order valence-electron chi connectivity index (χ1n) is 32.6. The van der Waals surface area contributed by atoms with Crippen LogP contribution in [0.2, 0.25) is 0 Å². The fourth-order valence-corrected chi connectivity index (χ4v) is 9.78. The van der Waals surface area contributed by atoms with E-state index in [1.54, 1.807) is 0 Å². The van der Waals surface area contributed by atoms with Gasteiger partial charge in [0.2, 0.25) is 5.91 Å². The van der Waals surface area contributed by atoms with Crippen molar-refractivity contribution in [1.29, 1.82) is 0 Å². The summed E-state index contributed by atoms with van der Waals surface area (Å²) in [7, 11) is 1.47. The Kier molecular flexibility index (Phi) is 55.9. The Bertz CT molecular complexity index is 1670. The van der Waals surface area contributed by atoms with Gasteiger partial charge in [-0.05, 0) is 96.0 Å². The van der Waals surface area contributed by atoms with Gasteiger partial charge in [-0.3, -0.25) is 18.6 Å². The maximum Gasteiger partial charge on any atom is 0.472 e. The second-order valence-corrected chi connectivity index (χ2v) is 24.4. The molecule has 3 atom stereocenters. The second kappa shape index (κ2) is 58.1. The minimum atomic E-state index is -4.46. The first-order chi connectivity index (χ1) is 38.4. The summed E-state index contributed by atoms with van der Waals surface area (Å²) in [5.74, 6) is -0.526. The van der Waals surface area contributed by atoms with Crippen molar-refractivity contribution in [3.8, 4) is 0 Å².